The van der Waals surface area contributed by atoms with Crippen molar-refractivity contribution >= 4 is 17.6 Å². The van der Waals surface area contributed by atoms with Gasteiger partial charge >= 0.3 is 5.97 Å². The van der Waals surface area contributed by atoms with Crippen LogP contribution in [0.1, 0.15) is 24.8 Å². The Morgan fingerprint density at radius 3 is 2.35 bits per heavy atom. The van der Waals surface area contributed by atoms with Crippen LogP contribution >= 0.6 is 11.6 Å². The number of carbonyl (C=O) groups excluding carboxylic acids is 1. The van der Waals surface area contributed by atoms with Gasteiger partial charge in [0.05, 0.1) is 13.7 Å². The summed E-state index contributed by atoms with van der Waals surface area (Å²) in [6.07, 6.45) is 0. The number of halogens is 1. The highest BCUT2D eigenvalue weighted by Gasteiger charge is 2.17. The molecule has 1 rings (SSSR count). The van der Waals surface area contributed by atoms with Crippen molar-refractivity contribution in [2.75, 3.05) is 13.7 Å². The summed E-state index contributed by atoms with van der Waals surface area (Å²) in [6, 6.07) is 7.14. The maximum atomic E-state index is 11.2. The molecule has 0 radical (unpaired) electrons. The highest BCUT2D eigenvalue weighted by atomic mass is 35.5. The van der Waals surface area contributed by atoms with Gasteiger partial charge in [0.15, 0.2) is 5.38 Å². The van der Waals surface area contributed by atoms with Gasteiger partial charge in [0.2, 0.25) is 0 Å². The molecule has 1 unspecified atom stereocenters. The van der Waals surface area contributed by atoms with E-state index in [0.29, 0.717) is 18.1 Å². The first-order valence-electron chi connectivity index (χ1n) is 5.49. The number of alkyl halides is 1. The van der Waals surface area contributed by atoms with Crippen LogP contribution in [-0.2, 0) is 9.53 Å². The molecule has 0 aliphatic heterocycles. The standard InChI is InChI=1S/C13H17ClO3/c1-9(2)8-17-11-6-4-10(5-7-11)12(14)13(15)16-3/h4-7,9,12H,8H2,1-3H3. The van der Waals surface area contributed by atoms with E-state index in [0.717, 1.165) is 5.75 Å². The maximum Gasteiger partial charge on any atom is 0.328 e. The molecule has 1 aromatic carbocycles. The molecule has 0 bridgehead atoms. The summed E-state index contributed by atoms with van der Waals surface area (Å²) in [7, 11) is 1.32. The zero-order valence-electron chi connectivity index (χ0n) is 10.3. The molecule has 0 heterocycles. The Bertz CT molecular complexity index is 359. The molecule has 0 aromatic heterocycles. The summed E-state index contributed by atoms with van der Waals surface area (Å²) in [5.74, 6) is 0.796. The Morgan fingerprint density at radius 2 is 1.88 bits per heavy atom. The van der Waals surface area contributed by atoms with Crippen LogP contribution < -0.4 is 4.74 Å². The molecule has 0 aliphatic rings. The van der Waals surface area contributed by atoms with Crippen molar-refractivity contribution in [3.05, 3.63) is 29.8 Å². The van der Waals surface area contributed by atoms with E-state index < -0.39 is 11.3 Å². The van der Waals surface area contributed by atoms with E-state index in [4.69, 9.17) is 16.3 Å². The van der Waals surface area contributed by atoms with Gasteiger partial charge in [-0.2, -0.15) is 0 Å². The van der Waals surface area contributed by atoms with E-state index in [1.54, 1.807) is 24.3 Å². The van der Waals surface area contributed by atoms with Crippen LogP contribution in [0.5, 0.6) is 5.75 Å². The molecular weight excluding hydrogens is 240 g/mol. The summed E-state index contributed by atoms with van der Waals surface area (Å²) in [5, 5.41) is -0.765. The predicted octanol–water partition coefficient (Wildman–Crippen LogP) is 3.17. The lowest BCUT2D eigenvalue weighted by atomic mass is 10.1. The first-order valence-corrected chi connectivity index (χ1v) is 5.93. The molecule has 0 amide bonds. The topological polar surface area (TPSA) is 35.5 Å². The van der Waals surface area contributed by atoms with Crippen molar-refractivity contribution < 1.29 is 14.3 Å². The number of ether oxygens (including phenoxy) is 2. The number of hydrogen-bond donors (Lipinski definition) is 0. The predicted molar refractivity (Wildman–Crippen MR) is 67.4 cm³/mol. The van der Waals surface area contributed by atoms with E-state index in [-0.39, 0.29) is 0 Å². The second kappa shape index (κ2) is 6.50. The molecule has 4 heteroatoms. The Labute approximate surface area is 107 Å². The zero-order valence-corrected chi connectivity index (χ0v) is 11.0. The normalized spacial score (nSPS) is 12.3. The second-order valence-electron chi connectivity index (χ2n) is 4.16. The molecular formula is C13H17ClO3. The van der Waals surface area contributed by atoms with Crippen molar-refractivity contribution in [2.24, 2.45) is 5.92 Å². The molecule has 0 saturated heterocycles. The lowest BCUT2D eigenvalue weighted by molar-refractivity contribution is -0.140. The largest absolute Gasteiger partial charge is 0.493 e. The van der Waals surface area contributed by atoms with Crippen molar-refractivity contribution in [1.29, 1.82) is 0 Å². The number of esters is 1. The highest BCUT2D eigenvalue weighted by Crippen LogP contribution is 2.24. The molecule has 17 heavy (non-hydrogen) atoms. The number of benzene rings is 1. The summed E-state index contributed by atoms with van der Waals surface area (Å²) in [6.45, 7) is 4.83. The fourth-order valence-electron chi connectivity index (χ4n) is 1.24. The summed E-state index contributed by atoms with van der Waals surface area (Å²) >= 11 is 5.92. The van der Waals surface area contributed by atoms with Crippen LogP contribution in [0.25, 0.3) is 0 Å². The fourth-order valence-corrected chi connectivity index (χ4v) is 1.47. The molecule has 1 atom stereocenters. The lowest BCUT2D eigenvalue weighted by Gasteiger charge is -2.10. The number of rotatable bonds is 5. The third-order valence-electron chi connectivity index (χ3n) is 2.16. The maximum absolute atomic E-state index is 11.2. The quantitative estimate of drug-likeness (QED) is 0.600. The minimum Gasteiger partial charge on any atom is -0.493 e. The van der Waals surface area contributed by atoms with Gasteiger partial charge in [-0.3, -0.25) is 4.79 Å². The summed E-state index contributed by atoms with van der Waals surface area (Å²) in [5.41, 5.74) is 0.704. The molecule has 0 N–H and O–H groups in total. The van der Waals surface area contributed by atoms with Gasteiger partial charge in [-0.25, -0.2) is 0 Å². The highest BCUT2D eigenvalue weighted by molar-refractivity contribution is 6.29. The molecule has 0 saturated carbocycles. The smallest absolute Gasteiger partial charge is 0.328 e. The molecule has 0 fully saturated rings. The number of hydrogen-bond acceptors (Lipinski definition) is 3. The monoisotopic (exact) mass is 256 g/mol. The van der Waals surface area contributed by atoms with Gasteiger partial charge in [0.1, 0.15) is 5.75 Å². The van der Waals surface area contributed by atoms with Gasteiger partial charge in [0.25, 0.3) is 0 Å². The van der Waals surface area contributed by atoms with E-state index in [1.165, 1.54) is 7.11 Å². The number of methoxy groups -OCH3 is 1. The summed E-state index contributed by atoms with van der Waals surface area (Å²) < 4.78 is 10.1. The minimum atomic E-state index is -0.765. The van der Waals surface area contributed by atoms with Crippen molar-refractivity contribution in [1.82, 2.24) is 0 Å². The van der Waals surface area contributed by atoms with Crippen molar-refractivity contribution in [2.45, 2.75) is 19.2 Å². The van der Waals surface area contributed by atoms with E-state index in [2.05, 4.69) is 18.6 Å². The summed E-state index contributed by atoms with van der Waals surface area (Å²) in [4.78, 5) is 11.2. The van der Waals surface area contributed by atoms with Crippen LogP contribution in [0, 0.1) is 5.92 Å². The second-order valence-corrected chi connectivity index (χ2v) is 4.60. The Balaban J connectivity index is 2.64. The first kappa shape index (κ1) is 13.8. The average Bonchev–Trinajstić information content (AvgIpc) is 2.35. The SMILES string of the molecule is COC(=O)C(Cl)c1ccc(OCC(C)C)cc1. The van der Waals surface area contributed by atoms with Crippen LogP contribution in [0.4, 0.5) is 0 Å². The van der Waals surface area contributed by atoms with Gasteiger partial charge in [-0.1, -0.05) is 26.0 Å². The molecule has 3 nitrogen and oxygen atoms in total. The minimum absolute atomic E-state index is 0.456. The van der Waals surface area contributed by atoms with E-state index in [9.17, 15) is 4.79 Å². The molecule has 1 aromatic rings. The van der Waals surface area contributed by atoms with Gasteiger partial charge < -0.3 is 9.47 Å². The molecule has 94 valence electrons. The third kappa shape index (κ3) is 4.27. The third-order valence-corrected chi connectivity index (χ3v) is 2.59. The van der Waals surface area contributed by atoms with Gasteiger partial charge in [0, 0.05) is 0 Å². The van der Waals surface area contributed by atoms with Crippen molar-refractivity contribution in [3.8, 4) is 5.75 Å². The van der Waals surface area contributed by atoms with Crippen LogP contribution in [-0.4, -0.2) is 19.7 Å². The molecule has 0 spiro atoms. The van der Waals surface area contributed by atoms with Gasteiger partial charge in [-0.05, 0) is 23.6 Å². The van der Waals surface area contributed by atoms with Gasteiger partial charge in [-0.15, -0.1) is 11.6 Å². The average molecular weight is 257 g/mol. The first-order chi connectivity index (χ1) is 8.04. The van der Waals surface area contributed by atoms with Crippen molar-refractivity contribution in [3.63, 3.8) is 0 Å². The van der Waals surface area contributed by atoms with Crippen LogP contribution in [0.15, 0.2) is 24.3 Å². The lowest BCUT2D eigenvalue weighted by Crippen LogP contribution is -2.08. The van der Waals surface area contributed by atoms with E-state index >= 15 is 0 Å². The fraction of sp³-hybridized carbons (Fsp3) is 0.462. The Hall–Kier alpha value is -1.22. The van der Waals surface area contributed by atoms with Crippen LogP contribution in [0.3, 0.4) is 0 Å². The van der Waals surface area contributed by atoms with Crippen LogP contribution in [0.2, 0.25) is 0 Å². The number of carbonyl (C=O) groups is 1. The Morgan fingerprint density at radius 1 is 1.29 bits per heavy atom. The Kier molecular flexibility index (Phi) is 5.29. The molecule has 0 aliphatic carbocycles. The van der Waals surface area contributed by atoms with E-state index in [1.807, 2.05) is 0 Å². The zero-order chi connectivity index (χ0) is 12.8.